The molecule has 5 rings (SSSR count). The van der Waals surface area contributed by atoms with Crippen molar-refractivity contribution in [3.8, 4) is 11.4 Å². The van der Waals surface area contributed by atoms with E-state index < -0.39 is 11.7 Å². The highest BCUT2D eigenvalue weighted by Crippen LogP contribution is 2.31. The zero-order valence-corrected chi connectivity index (χ0v) is 20.4. The molecule has 5 nitrogen and oxygen atoms in total. The second-order valence-corrected chi connectivity index (χ2v) is 9.11. The lowest BCUT2D eigenvalue weighted by Gasteiger charge is -2.34. The van der Waals surface area contributed by atoms with Crippen LogP contribution in [0.25, 0.3) is 22.8 Å². The third kappa shape index (κ3) is 6.39. The predicted octanol–water partition coefficient (Wildman–Crippen LogP) is 5.75. The number of aromatic nitrogens is 2. The van der Waals surface area contributed by atoms with Crippen LogP contribution < -0.4 is 4.74 Å². The van der Waals surface area contributed by atoms with Crippen LogP contribution in [-0.2, 0) is 6.18 Å². The van der Waals surface area contributed by atoms with Crippen molar-refractivity contribution in [2.45, 2.75) is 6.18 Å². The van der Waals surface area contributed by atoms with Crippen LogP contribution in [0.3, 0.4) is 0 Å². The molecule has 0 saturated carbocycles. The fourth-order valence-electron chi connectivity index (χ4n) is 4.49. The summed E-state index contributed by atoms with van der Waals surface area (Å²) in [6, 6.07) is 21.5. The first-order chi connectivity index (χ1) is 18.0. The van der Waals surface area contributed by atoms with Crippen LogP contribution >= 0.6 is 0 Å². The molecule has 0 aliphatic carbocycles. The number of ether oxygens (including phenoxy) is 1. The van der Waals surface area contributed by atoms with Gasteiger partial charge in [0.1, 0.15) is 18.7 Å². The topological polar surface area (TPSA) is 33.5 Å². The summed E-state index contributed by atoms with van der Waals surface area (Å²) in [6.07, 6.45) is 1.55. The SMILES string of the molecule is FC(F)(F)c1ccc2c(c1)ncn2-c1ccc(OCCN2CCN(CC=Cc3ccccc3)CC2)cc1. The number of nitrogens with zero attached hydrogens (tertiary/aromatic N) is 4. The molecule has 0 atom stereocenters. The third-order valence-corrected chi connectivity index (χ3v) is 6.60. The molecule has 1 aliphatic heterocycles. The monoisotopic (exact) mass is 506 g/mol. The summed E-state index contributed by atoms with van der Waals surface area (Å²) in [6.45, 7) is 6.54. The van der Waals surface area contributed by atoms with E-state index in [0.29, 0.717) is 17.6 Å². The molecule has 0 radical (unpaired) electrons. The van der Waals surface area contributed by atoms with Crippen LogP contribution in [0, 0.1) is 0 Å². The number of alkyl halides is 3. The van der Waals surface area contributed by atoms with Gasteiger partial charge >= 0.3 is 6.18 Å². The fraction of sp³-hybridized carbons (Fsp3) is 0.276. The maximum absolute atomic E-state index is 13.0. The molecule has 1 saturated heterocycles. The summed E-state index contributed by atoms with van der Waals surface area (Å²) in [5.74, 6) is 0.761. The summed E-state index contributed by atoms with van der Waals surface area (Å²) in [5, 5.41) is 0. The van der Waals surface area contributed by atoms with E-state index in [1.54, 1.807) is 4.57 Å². The highest BCUT2D eigenvalue weighted by Gasteiger charge is 2.30. The van der Waals surface area contributed by atoms with Gasteiger partial charge in [-0.1, -0.05) is 42.5 Å². The molecule has 0 N–H and O–H groups in total. The Hall–Kier alpha value is -3.62. The molecule has 0 amide bonds. The molecule has 0 unspecified atom stereocenters. The molecular formula is C29H29F3N4O. The molecule has 4 aromatic rings. The minimum Gasteiger partial charge on any atom is -0.492 e. The Bertz CT molecular complexity index is 1330. The molecule has 192 valence electrons. The lowest BCUT2D eigenvalue weighted by Crippen LogP contribution is -2.47. The van der Waals surface area contributed by atoms with E-state index in [1.807, 2.05) is 30.3 Å². The van der Waals surface area contributed by atoms with E-state index in [0.717, 1.165) is 62.8 Å². The first-order valence-corrected chi connectivity index (χ1v) is 12.4. The molecule has 37 heavy (non-hydrogen) atoms. The molecule has 3 aromatic carbocycles. The van der Waals surface area contributed by atoms with E-state index in [2.05, 4.69) is 51.2 Å². The van der Waals surface area contributed by atoms with Crippen LogP contribution in [0.15, 0.2) is 85.2 Å². The van der Waals surface area contributed by atoms with Crippen molar-refractivity contribution >= 4 is 17.1 Å². The van der Waals surface area contributed by atoms with Gasteiger partial charge in [-0.15, -0.1) is 0 Å². The average molecular weight is 507 g/mol. The van der Waals surface area contributed by atoms with Crippen molar-refractivity contribution in [2.75, 3.05) is 45.9 Å². The minimum absolute atomic E-state index is 0.308. The van der Waals surface area contributed by atoms with Crippen LogP contribution in [0.5, 0.6) is 5.75 Å². The van der Waals surface area contributed by atoms with Gasteiger partial charge in [0.15, 0.2) is 0 Å². The van der Waals surface area contributed by atoms with Gasteiger partial charge in [-0.25, -0.2) is 4.98 Å². The van der Waals surface area contributed by atoms with E-state index in [1.165, 1.54) is 18.0 Å². The van der Waals surface area contributed by atoms with E-state index >= 15 is 0 Å². The van der Waals surface area contributed by atoms with Crippen LogP contribution in [-0.4, -0.2) is 65.2 Å². The van der Waals surface area contributed by atoms with Gasteiger partial charge in [-0.3, -0.25) is 14.4 Å². The van der Waals surface area contributed by atoms with Crippen molar-refractivity contribution in [3.63, 3.8) is 0 Å². The lowest BCUT2D eigenvalue weighted by atomic mass is 10.2. The van der Waals surface area contributed by atoms with Gasteiger partial charge in [0.2, 0.25) is 0 Å². The Morgan fingerprint density at radius 1 is 0.865 bits per heavy atom. The van der Waals surface area contributed by atoms with Gasteiger partial charge in [-0.2, -0.15) is 13.2 Å². The Morgan fingerprint density at radius 2 is 1.59 bits per heavy atom. The number of hydrogen-bond donors (Lipinski definition) is 0. The van der Waals surface area contributed by atoms with Gasteiger partial charge in [0, 0.05) is 45.0 Å². The molecule has 1 fully saturated rings. The second kappa shape index (κ2) is 11.2. The smallest absolute Gasteiger partial charge is 0.416 e. The molecule has 1 aromatic heterocycles. The van der Waals surface area contributed by atoms with Crippen LogP contribution in [0.1, 0.15) is 11.1 Å². The molecule has 1 aliphatic rings. The van der Waals surface area contributed by atoms with Crippen molar-refractivity contribution in [3.05, 3.63) is 96.3 Å². The van der Waals surface area contributed by atoms with Crippen molar-refractivity contribution in [1.29, 1.82) is 0 Å². The molecule has 0 spiro atoms. The number of fused-ring (bicyclic) bond motifs is 1. The lowest BCUT2D eigenvalue weighted by molar-refractivity contribution is -0.137. The molecule has 8 heteroatoms. The number of imidazole rings is 1. The largest absolute Gasteiger partial charge is 0.492 e. The maximum atomic E-state index is 13.0. The zero-order chi connectivity index (χ0) is 25.7. The quantitative estimate of drug-likeness (QED) is 0.305. The van der Waals surface area contributed by atoms with Crippen molar-refractivity contribution in [1.82, 2.24) is 19.4 Å². The Kier molecular flexibility index (Phi) is 7.58. The summed E-state index contributed by atoms with van der Waals surface area (Å²) >= 11 is 0. The Labute approximate surface area is 214 Å². The van der Waals surface area contributed by atoms with Gasteiger partial charge in [0.25, 0.3) is 0 Å². The van der Waals surface area contributed by atoms with Crippen molar-refractivity contribution in [2.24, 2.45) is 0 Å². The van der Waals surface area contributed by atoms with E-state index in [9.17, 15) is 13.2 Å². The molecular weight excluding hydrogens is 477 g/mol. The number of rotatable bonds is 8. The maximum Gasteiger partial charge on any atom is 0.416 e. The fourth-order valence-corrected chi connectivity index (χ4v) is 4.49. The summed E-state index contributed by atoms with van der Waals surface area (Å²) in [7, 11) is 0. The van der Waals surface area contributed by atoms with Gasteiger partial charge in [0.05, 0.1) is 16.6 Å². The first-order valence-electron chi connectivity index (χ1n) is 12.4. The average Bonchev–Trinajstić information content (AvgIpc) is 3.34. The highest BCUT2D eigenvalue weighted by atomic mass is 19.4. The summed E-state index contributed by atoms with van der Waals surface area (Å²) in [4.78, 5) is 9.02. The number of benzene rings is 3. The second-order valence-electron chi connectivity index (χ2n) is 9.11. The normalized spacial score (nSPS) is 15.5. The van der Waals surface area contributed by atoms with Gasteiger partial charge in [-0.05, 0) is 48.0 Å². The van der Waals surface area contributed by atoms with Gasteiger partial charge < -0.3 is 4.74 Å². The van der Waals surface area contributed by atoms with E-state index in [-0.39, 0.29) is 0 Å². The first kappa shape index (κ1) is 25.0. The van der Waals surface area contributed by atoms with Crippen molar-refractivity contribution < 1.29 is 17.9 Å². The minimum atomic E-state index is -4.38. The highest BCUT2D eigenvalue weighted by molar-refractivity contribution is 5.78. The van der Waals surface area contributed by atoms with Crippen LogP contribution in [0.2, 0.25) is 0 Å². The predicted molar refractivity (Wildman–Crippen MR) is 140 cm³/mol. The standard InChI is InChI=1S/C29H29F3N4O/c30-29(31,32)24-8-13-28-27(21-24)33-22-36(28)25-9-11-26(12-10-25)37-20-19-35-17-15-34(16-18-35)14-4-7-23-5-2-1-3-6-23/h1-13,21-22H,14-20H2. The van der Waals surface area contributed by atoms with Crippen LogP contribution in [0.4, 0.5) is 13.2 Å². The summed E-state index contributed by atoms with van der Waals surface area (Å²) in [5.41, 5.74) is 2.27. The number of halogens is 3. The Morgan fingerprint density at radius 3 is 2.32 bits per heavy atom. The third-order valence-electron chi connectivity index (χ3n) is 6.60. The number of hydrogen-bond acceptors (Lipinski definition) is 4. The number of piperazine rings is 1. The van der Waals surface area contributed by atoms with E-state index in [4.69, 9.17) is 4.74 Å². The molecule has 0 bridgehead atoms. The summed E-state index contributed by atoms with van der Waals surface area (Å²) < 4.78 is 46.6. The molecule has 2 heterocycles. The Balaban J connectivity index is 1.07. The zero-order valence-electron chi connectivity index (χ0n) is 20.4.